The van der Waals surface area contributed by atoms with Crippen LogP contribution in [0.15, 0.2) is 58.6 Å². The highest BCUT2D eigenvalue weighted by Crippen LogP contribution is 2.27. The molecule has 12 heteroatoms. The standard InChI is InChI=1S/C25H22N8O3S/c34-23-18(31-25(36)32-23)11-14-13-28-33-21(29-16-4-5-16)12-17(30-22(14)33)19-6-7-20(37-19)24(35)27-10-8-15-3-1-2-9-26-15/h1-3,6-7,9,11-13,16,34H,4-5,8,10H2,(H,27,35)(H2,31,32,36)/b14-11-,29-21?. The molecule has 0 spiro atoms. The molecule has 1 saturated carbocycles. The number of hydrogen-bond acceptors (Lipinski definition) is 8. The van der Waals surface area contributed by atoms with Gasteiger partial charge < -0.3 is 15.4 Å². The third-order valence-corrected chi connectivity index (χ3v) is 6.96. The highest BCUT2D eigenvalue weighted by Gasteiger charge is 2.21. The van der Waals surface area contributed by atoms with Gasteiger partial charge in [0.1, 0.15) is 5.69 Å². The normalized spacial score (nSPS) is 14.5. The number of H-pyrrole nitrogens is 2. The fourth-order valence-corrected chi connectivity index (χ4v) is 4.74. The van der Waals surface area contributed by atoms with Crippen LogP contribution in [0.1, 0.15) is 33.9 Å². The Kier molecular flexibility index (Phi) is 5.85. The molecule has 37 heavy (non-hydrogen) atoms. The van der Waals surface area contributed by atoms with Gasteiger partial charge in [0, 0.05) is 36.1 Å². The molecule has 4 N–H and O–H groups in total. The number of rotatable bonds is 7. The van der Waals surface area contributed by atoms with Crippen LogP contribution < -0.4 is 21.7 Å². The Morgan fingerprint density at radius 1 is 1.27 bits per heavy atom. The van der Waals surface area contributed by atoms with Crippen molar-refractivity contribution in [1.29, 1.82) is 0 Å². The maximum absolute atomic E-state index is 12.7. The monoisotopic (exact) mass is 514 g/mol. The van der Waals surface area contributed by atoms with Crippen LogP contribution in [-0.4, -0.2) is 53.2 Å². The SMILES string of the molecule is O=C(NCCc1ccccn1)c1ccc(-c2cc(=NC3CC3)n3nc/c(=C/c4[nH]c(=O)[nH]c4O)c3n2)s1. The number of fused-ring (bicyclic) bond motifs is 1. The predicted octanol–water partition coefficient (Wildman–Crippen LogP) is 1.16. The van der Waals surface area contributed by atoms with Gasteiger partial charge >= 0.3 is 5.69 Å². The number of aromatic nitrogens is 6. The largest absolute Gasteiger partial charge is 0.493 e. The molecule has 0 bridgehead atoms. The summed E-state index contributed by atoms with van der Waals surface area (Å²) in [4.78, 5) is 44.4. The molecule has 1 aliphatic rings. The number of nitrogens with zero attached hydrogens (tertiary/aromatic N) is 5. The predicted molar refractivity (Wildman–Crippen MR) is 137 cm³/mol. The van der Waals surface area contributed by atoms with E-state index in [1.54, 1.807) is 29.1 Å². The van der Waals surface area contributed by atoms with E-state index < -0.39 is 5.69 Å². The Bertz CT molecular complexity index is 1780. The first-order chi connectivity index (χ1) is 18.0. The zero-order chi connectivity index (χ0) is 25.4. The number of aromatic amines is 2. The Hall–Kier alpha value is -4.58. The zero-order valence-electron chi connectivity index (χ0n) is 19.5. The lowest BCUT2D eigenvalue weighted by atomic mass is 10.2. The van der Waals surface area contributed by atoms with E-state index in [9.17, 15) is 14.7 Å². The second-order valence-electron chi connectivity index (χ2n) is 8.67. The summed E-state index contributed by atoms with van der Waals surface area (Å²) in [6, 6.07) is 11.5. The number of hydrogen-bond donors (Lipinski definition) is 4. The van der Waals surface area contributed by atoms with Crippen molar-refractivity contribution in [1.82, 2.24) is 34.9 Å². The Morgan fingerprint density at radius 3 is 2.92 bits per heavy atom. The molecule has 1 fully saturated rings. The van der Waals surface area contributed by atoms with Crippen molar-refractivity contribution in [2.45, 2.75) is 25.3 Å². The fourth-order valence-electron chi connectivity index (χ4n) is 3.86. The van der Waals surface area contributed by atoms with E-state index in [-0.39, 0.29) is 23.5 Å². The molecule has 0 atom stereocenters. The average molecular weight is 515 g/mol. The van der Waals surface area contributed by atoms with E-state index in [1.165, 1.54) is 11.3 Å². The van der Waals surface area contributed by atoms with Gasteiger partial charge in [-0.15, -0.1) is 11.3 Å². The van der Waals surface area contributed by atoms with Crippen LogP contribution in [0.3, 0.4) is 0 Å². The molecule has 5 heterocycles. The molecular weight excluding hydrogens is 492 g/mol. The van der Waals surface area contributed by atoms with Gasteiger partial charge in [0.2, 0.25) is 5.88 Å². The molecule has 186 valence electrons. The molecule has 1 aliphatic carbocycles. The minimum Gasteiger partial charge on any atom is -0.493 e. The number of carbonyl (C=O) groups excluding carboxylic acids is 1. The third kappa shape index (κ3) is 4.91. The van der Waals surface area contributed by atoms with Gasteiger partial charge in [0.25, 0.3) is 5.91 Å². The summed E-state index contributed by atoms with van der Waals surface area (Å²) < 4.78 is 1.65. The lowest BCUT2D eigenvalue weighted by Crippen LogP contribution is -2.25. The molecule has 0 aliphatic heterocycles. The molecule has 6 rings (SSSR count). The van der Waals surface area contributed by atoms with Crippen LogP contribution in [-0.2, 0) is 6.42 Å². The van der Waals surface area contributed by atoms with Crippen LogP contribution in [0, 0.1) is 0 Å². The number of aromatic hydroxyl groups is 1. The average Bonchev–Trinajstić information content (AvgIpc) is 3.26. The number of nitrogens with one attached hydrogen (secondary N) is 3. The number of amides is 1. The summed E-state index contributed by atoms with van der Waals surface area (Å²) in [7, 11) is 0. The summed E-state index contributed by atoms with van der Waals surface area (Å²) in [6.07, 6.45) is 7.65. The van der Waals surface area contributed by atoms with Crippen molar-refractivity contribution in [2.75, 3.05) is 6.54 Å². The minimum atomic E-state index is -0.511. The Labute approximate surface area is 213 Å². The van der Waals surface area contributed by atoms with Gasteiger partial charge in [0.15, 0.2) is 11.1 Å². The van der Waals surface area contributed by atoms with E-state index in [2.05, 4.69) is 25.4 Å². The highest BCUT2D eigenvalue weighted by molar-refractivity contribution is 7.17. The first kappa shape index (κ1) is 22.9. The smallest absolute Gasteiger partial charge is 0.326 e. The quantitative estimate of drug-likeness (QED) is 0.256. The summed E-state index contributed by atoms with van der Waals surface area (Å²) in [5, 5.41) is 18.0. The van der Waals surface area contributed by atoms with Crippen molar-refractivity contribution in [3.63, 3.8) is 0 Å². The van der Waals surface area contributed by atoms with Gasteiger partial charge in [0.05, 0.1) is 27.7 Å². The second-order valence-corrected chi connectivity index (χ2v) is 9.76. The molecule has 11 nitrogen and oxygen atoms in total. The number of carbonyl (C=O) groups is 1. The third-order valence-electron chi connectivity index (χ3n) is 5.85. The zero-order valence-corrected chi connectivity index (χ0v) is 20.3. The Morgan fingerprint density at radius 2 is 2.16 bits per heavy atom. The van der Waals surface area contributed by atoms with Gasteiger partial charge in [-0.3, -0.25) is 19.8 Å². The summed E-state index contributed by atoms with van der Waals surface area (Å²) in [5.74, 6) is -0.415. The molecule has 5 aromatic rings. The van der Waals surface area contributed by atoms with Crippen molar-refractivity contribution in [3.8, 4) is 16.5 Å². The summed E-state index contributed by atoms with van der Waals surface area (Å²) in [6.45, 7) is 0.487. The first-order valence-electron chi connectivity index (χ1n) is 11.8. The van der Waals surface area contributed by atoms with Crippen molar-refractivity contribution in [3.05, 3.63) is 86.2 Å². The number of thiophene rings is 1. The molecule has 1 amide bonds. The maximum atomic E-state index is 12.7. The number of imidazole rings is 1. The van der Waals surface area contributed by atoms with E-state index in [0.717, 1.165) is 23.4 Å². The van der Waals surface area contributed by atoms with E-state index in [4.69, 9.17) is 9.98 Å². The topological polar surface area (TPSA) is 153 Å². The van der Waals surface area contributed by atoms with Crippen LogP contribution >= 0.6 is 11.3 Å². The summed E-state index contributed by atoms with van der Waals surface area (Å²) >= 11 is 1.35. The van der Waals surface area contributed by atoms with Crippen molar-refractivity contribution >= 4 is 29.0 Å². The maximum Gasteiger partial charge on any atom is 0.326 e. The molecular formula is C25H22N8O3S. The first-order valence-corrected chi connectivity index (χ1v) is 12.6. The molecule has 0 saturated heterocycles. The van der Waals surface area contributed by atoms with Crippen LogP contribution in [0.5, 0.6) is 5.88 Å². The van der Waals surface area contributed by atoms with E-state index in [1.807, 2.05) is 30.3 Å². The Balaban J connectivity index is 1.32. The fraction of sp³-hybridized carbons (Fsp3) is 0.200. The van der Waals surface area contributed by atoms with Crippen LogP contribution in [0.25, 0.3) is 22.3 Å². The summed E-state index contributed by atoms with van der Waals surface area (Å²) in [5.41, 5.74) is 2.48. The molecule has 0 aromatic carbocycles. The van der Waals surface area contributed by atoms with Crippen LogP contribution in [0.4, 0.5) is 0 Å². The van der Waals surface area contributed by atoms with Gasteiger partial charge in [-0.1, -0.05) is 6.07 Å². The minimum absolute atomic E-state index is 0.151. The van der Waals surface area contributed by atoms with Gasteiger partial charge in [-0.05, 0) is 43.2 Å². The van der Waals surface area contributed by atoms with E-state index in [0.29, 0.717) is 39.9 Å². The molecule has 5 aromatic heterocycles. The number of pyridine rings is 1. The lowest BCUT2D eigenvalue weighted by molar-refractivity contribution is 0.0958. The molecule has 0 radical (unpaired) electrons. The van der Waals surface area contributed by atoms with Gasteiger partial charge in [-0.25, -0.2) is 9.78 Å². The molecule has 0 unspecified atom stereocenters. The van der Waals surface area contributed by atoms with Crippen molar-refractivity contribution < 1.29 is 9.90 Å². The van der Waals surface area contributed by atoms with E-state index >= 15 is 0 Å². The highest BCUT2D eigenvalue weighted by atomic mass is 32.1. The van der Waals surface area contributed by atoms with Gasteiger partial charge in [-0.2, -0.15) is 9.61 Å². The van der Waals surface area contributed by atoms with Crippen LogP contribution in [0.2, 0.25) is 0 Å². The van der Waals surface area contributed by atoms with Crippen molar-refractivity contribution in [2.24, 2.45) is 4.99 Å². The second kappa shape index (κ2) is 9.47. The lowest BCUT2D eigenvalue weighted by Gasteiger charge is -2.03.